The molecule has 1 amide bonds. The van der Waals surface area contributed by atoms with E-state index in [1.54, 1.807) is 49.4 Å². The highest BCUT2D eigenvalue weighted by Crippen LogP contribution is 2.21. The van der Waals surface area contributed by atoms with Crippen molar-refractivity contribution < 1.29 is 9.53 Å². The monoisotopic (exact) mass is 338 g/mol. The highest BCUT2D eigenvalue weighted by atomic mass is 35.5. The van der Waals surface area contributed by atoms with E-state index in [-0.39, 0.29) is 5.91 Å². The van der Waals surface area contributed by atoms with Crippen LogP contribution in [-0.4, -0.2) is 16.5 Å². The Bertz CT molecular complexity index is 646. The number of aryl methyl sites for hydroxylation is 2. The summed E-state index contributed by atoms with van der Waals surface area (Å²) in [5.41, 5.74) is 0.0285. The Labute approximate surface area is 139 Å². The average molecular weight is 339 g/mol. The molecule has 0 saturated carbocycles. The Morgan fingerprint density at radius 3 is 2.50 bits per heavy atom. The summed E-state index contributed by atoms with van der Waals surface area (Å²) in [6.07, 6.45) is 0. The van der Waals surface area contributed by atoms with Gasteiger partial charge >= 0.3 is 0 Å². The van der Waals surface area contributed by atoms with Crippen LogP contribution >= 0.6 is 22.9 Å². The fraction of sp³-hybridized carbons (Fsp3) is 0.375. The topological polar surface area (TPSA) is 51.2 Å². The van der Waals surface area contributed by atoms with Crippen molar-refractivity contribution in [1.82, 2.24) is 10.3 Å². The van der Waals surface area contributed by atoms with Gasteiger partial charge in [-0.15, -0.1) is 11.3 Å². The van der Waals surface area contributed by atoms with Gasteiger partial charge in [-0.05, 0) is 52.0 Å². The number of amides is 1. The van der Waals surface area contributed by atoms with Crippen molar-refractivity contribution in [2.24, 2.45) is 0 Å². The molecule has 0 spiro atoms. The predicted octanol–water partition coefficient (Wildman–Crippen LogP) is 3.89. The summed E-state index contributed by atoms with van der Waals surface area (Å²) in [7, 11) is 0. The van der Waals surface area contributed by atoms with Gasteiger partial charge in [0, 0.05) is 9.90 Å². The van der Waals surface area contributed by atoms with E-state index in [1.165, 1.54) is 4.88 Å². The maximum absolute atomic E-state index is 12.3. The Hall–Kier alpha value is -1.59. The Balaban J connectivity index is 1.96. The lowest BCUT2D eigenvalue weighted by Gasteiger charge is -2.25. The Morgan fingerprint density at radius 2 is 1.95 bits per heavy atom. The summed E-state index contributed by atoms with van der Waals surface area (Å²) in [5, 5.41) is 4.39. The lowest BCUT2D eigenvalue weighted by Crippen LogP contribution is -2.46. The summed E-state index contributed by atoms with van der Waals surface area (Å²) in [6.45, 7) is 7.85. The molecule has 6 heteroatoms. The van der Waals surface area contributed by atoms with Gasteiger partial charge in [-0.2, -0.15) is 0 Å². The number of benzene rings is 1. The fourth-order valence-electron chi connectivity index (χ4n) is 1.83. The first-order valence-corrected chi connectivity index (χ1v) is 8.13. The van der Waals surface area contributed by atoms with Crippen molar-refractivity contribution in [2.45, 2.75) is 39.8 Å². The highest BCUT2D eigenvalue weighted by molar-refractivity contribution is 7.11. The van der Waals surface area contributed by atoms with Gasteiger partial charge in [0.05, 0.1) is 12.2 Å². The number of hydrogen-bond acceptors (Lipinski definition) is 4. The molecule has 0 aliphatic heterocycles. The van der Waals surface area contributed by atoms with Crippen molar-refractivity contribution in [3.63, 3.8) is 0 Å². The molecule has 4 nitrogen and oxygen atoms in total. The zero-order chi connectivity index (χ0) is 16.3. The van der Waals surface area contributed by atoms with Gasteiger partial charge in [0.2, 0.25) is 0 Å². The van der Waals surface area contributed by atoms with E-state index in [9.17, 15) is 4.79 Å². The van der Waals surface area contributed by atoms with Crippen LogP contribution in [0.2, 0.25) is 5.02 Å². The second-order valence-corrected chi connectivity index (χ2v) is 7.22. The number of nitrogens with zero attached hydrogens (tertiary/aromatic N) is 1. The quantitative estimate of drug-likeness (QED) is 0.899. The smallest absolute Gasteiger partial charge is 0.263 e. The van der Waals surface area contributed by atoms with Gasteiger partial charge < -0.3 is 10.1 Å². The van der Waals surface area contributed by atoms with E-state index >= 15 is 0 Å². The molecule has 2 aromatic rings. The molecule has 118 valence electrons. The number of carbonyl (C=O) groups is 1. The summed E-state index contributed by atoms with van der Waals surface area (Å²) >= 11 is 7.43. The molecule has 22 heavy (non-hydrogen) atoms. The van der Waals surface area contributed by atoms with Crippen LogP contribution in [0.15, 0.2) is 24.3 Å². The van der Waals surface area contributed by atoms with Crippen molar-refractivity contribution >= 4 is 28.8 Å². The summed E-state index contributed by atoms with van der Waals surface area (Å²) in [5.74, 6) is 0.415. The Morgan fingerprint density at radius 1 is 1.32 bits per heavy atom. The van der Waals surface area contributed by atoms with Gasteiger partial charge in [-0.25, -0.2) is 4.98 Å². The molecule has 0 aliphatic rings. The van der Waals surface area contributed by atoms with Crippen LogP contribution in [-0.2, 0) is 11.3 Å². The minimum Gasteiger partial charge on any atom is -0.478 e. The van der Waals surface area contributed by atoms with E-state index in [1.807, 2.05) is 13.8 Å². The normalized spacial score (nSPS) is 11.3. The van der Waals surface area contributed by atoms with Crippen LogP contribution in [0.25, 0.3) is 0 Å². The zero-order valence-corrected chi connectivity index (χ0v) is 14.6. The number of rotatable bonds is 5. The number of carbonyl (C=O) groups excluding carboxylic acids is 1. The first-order valence-electron chi connectivity index (χ1n) is 6.94. The molecule has 0 bridgehead atoms. The summed E-state index contributed by atoms with van der Waals surface area (Å²) in [6, 6.07) is 6.94. The molecule has 0 radical (unpaired) electrons. The van der Waals surface area contributed by atoms with Crippen LogP contribution in [0, 0.1) is 13.8 Å². The van der Waals surface area contributed by atoms with Crippen molar-refractivity contribution in [3.05, 3.63) is 44.9 Å². The van der Waals surface area contributed by atoms with Crippen LogP contribution < -0.4 is 10.1 Å². The first kappa shape index (κ1) is 16.8. The van der Waals surface area contributed by atoms with Gasteiger partial charge in [0.15, 0.2) is 5.60 Å². The lowest BCUT2D eigenvalue weighted by molar-refractivity contribution is -0.134. The largest absolute Gasteiger partial charge is 0.478 e. The predicted molar refractivity (Wildman–Crippen MR) is 89.6 cm³/mol. The van der Waals surface area contributed by atoms with Crippen molar-refractivity contribution in [2.75, 3.05) is 0 Å². The molecule has 2 rings (SSSR count). The molecule has 0 unspecified atom stereocenters. The summed E-state index contributed by atoms with van der Waals surface area (Å²) < 4.78 is 5.75. The molecule has 1 N–H and O–H groups in total. The molecular formula is C16H19ClN2O2S. The highest BCUT2D eigenvalue weighted by Gasteiger charge is 2.29. The van der Waals surface area contributed by atoms with Crippen LogP contribution in [0.4, 0.5) is 0 Å². The van der Waals surface area contributed by atoms with E-state index in [2.05, 4.69) is 10.3 Å². The number of ether oxygens (including phenoxy) is 1. The molecule has 0 saturated heterocycles. The molecule has 1 heterocycles. The van der Waals surface area contributed by atoms with Gasteiger partial charge in [-0.1, -0.05) is 11.6 Å². The average Bonchev–Trinajstić information content (AvgIpc) is 2.77. The minimum atomic E-state index is -0.977. The molecule has 0 fully saturated rings. The third-order valence-corrected chi connectivity index (χ3v) is 4.53. The molecule has 0 atom stereocenters. The lowest BCUT2D eigenvalue weighted by atomic mass is 10.1. The zero-order valence-electron chi connectivity index (χ0n) is 13.1. The van der Waals surface area contributed by atoms with E-state index in [4.69, 9.17) is 16.3 Å². The second-order valence-electron chi connectivity index (χ2n) is 5.50. The standard InChI is InChI=1S/C16H19ClN2O2S/c1-10-11(2)22-14(19-10)9-18-15(20)16(3,4)21-13-7-5-12(17)6-8-13/h5-8H,9H2,1-4H3,(H,18,20). The van der Waals surface area contributed by atoms with E-state index in [0.717, 1.165) is 10.7 Å². The second kappa shape index (κ2) is 6.67. The molecule has 1 aromatic heterocycles. The Kier molecular flexibility index (Phi) is 5.08. The van der Waals surface area contributed by atoms with Crippen molar-refractivity contribution in [3.8, 4) is 5.75 Å². The molecule has 1 aromatic carbocycles. The van der Waals surface area contributed by atoms with Crippen molar-refractivity contribution in [1.29, 1.82) is 0 Å². The maximum Gasteiger partial charge on any atom is 0.263 e. The number of aromatic nitrogens is 1. The summed E-state index contributed by atoms with van der Waals surface area (Å²) in [4.78, 5) is 17.9. The van der Waals surface area contributed by atoms with Gasteiger partial charge in [0.1, 0.15) is 10.8 Å². The van der Waals surface area contributed by atoms with Crippen LogP contribution in [0.3, 0.4) is 0 Å². The van der Waals surface area contributed by atoms with E-state index < -0.39 is 5.60 Å². The first-order chi connectivity index (χ1) is 10.3. The number of halogens is 1. The van der Waals surface area contributed by atoms with Gasteiger partial charge in [-0.3, -0.25) is 4.79 Å². The maximum atomic E-state index is 12.3. The van der Waals surface area contributed by atoms with Crippen LogP contribution in [0.5, 0.6) is 5.75 Å². The molecular weight excluding hydrogens is 320 g/mol. The van der Waals surface area contributed by atoms with Gasteiger partial charge in [0.25, 0.3) is 5.91 Å². The number of nitrogens with one attached hydrogen (secondary N) is 1. The number of hydrogen-bond donors (Lipinski definition) is 1. The number of thiazole rings is 1. The van der Waals surface area contributed by atoms with E-state index in [0.29, 0.717) is 17.3 Å². The van der Waals surface area contributed by atoms with Crippen LogP contribution in [0.1, 0.15) is 29.4 Å². The fourth-order valence-corrected chi connectivity index (χ4v) is 2.83. The molecule has 0 aliphatic carbocycles. The third kappa shape index (κ3) is 4.21. The minimum absolute atomic E-state index is 0.187. The SMILES string of the molecule is Cc1nc(CNC(=O)C(C)(C)Oc2ccc(Cl)cc2)sc1C. The third-order valence-electron chi connectivity index (χ3n) is 3.21.